The van der Waals surface area contributed by atoms with Gasteiger partial charge in [0, 0.05) is 17.7 Å². The maximum Gasteiger partial charge on any atom is 0.248 e. The number of aromatic nitrogens is 1. The number of halogens is 2. The molecule has 1 aliphatic rings. The van der Waals surface area contributed by atoms with Crippen molar-refractivity contribution in [3.8, 4) is 5.75 Å². The molecule has 0 fully saturated rings. The third kappa shape index (κ3) is 2.28. The Labute approximate surface area is 108 Å². The van der Waals surface area contributed by atoms with Crippen molar-refractivity contribution in [3.63, 3.8) is 0 Å². The second-order valence-electron chi connectivity index (χ2n) is 3.29. The van der Waals surface area contributed by atoms with E-state index in [0.29, 0.717) is 11.6 Å². The van der Waals surface area contributed by atoms with E-state index in [0.717, 1.165) is 4.47 Å². The SMILES string of the molecule is CN1C(=O)[C@@H](N)COc2cc(Br)cnc21.Cl. The Hall–Kier alpha value is -0.850. The van der Waals surface area contributed by atoms with Crippen LogP contribution >= 0.6 is 28.3 Å². The average Bonchev–Trinajstić information content (AvgIpc) is 2.32. The first-order chi connectivity index (χ1) is 7.09. The lowest BCUT2D eigenvalue weighted by Gasteiger charge is -2.15. The molecule has 7 heteroatoms. The Balaban J connectivity index is 0.00000128. The number of likely N-dealkylation sites (N-methyl/N-ethyl adjacent to an activating group) is 1. The van der Waals surface area contributed by atoms with Crippen molar-refractivity contribution < 1.29 is 9.53 Å². The third-order valence-corrected chi connectivity index (χ3v) is 2.62. The number of hydrogen-bond donors (Lipinski definition) is 1. The first kappa shape index (κ1) is 13.2. The van der Waals surface area contributed by atoms with E-state index in [1.165, 1.54) is 4.90 Å². The summed E-state index contributed by atoms with van der Waals surface area (Å²) in [5.41, 5.74) is 5.63. The Morgan fingerprint density at radius 2 is 2.38 bits per heavy atom. The largest absolute Gasteiger partial charge is 0.487 e. The van der Waals surface area contributed by atoms with Gasteiger partial charge in [-0.25, -0.2) is 4.98 Å². The number of fused-ring (bicyclic) bond motifs is 1. The molecular formula is C9H11BrClN3O2. The van der Waals surface area contributed by atoms with E-state index in [1.54, 1.807) is 19.3 Å². The van der Waals surface area contributed by atoms with E-state index in [4.69, 9.17) is 10.5 Å². The first-order valence-electron chi connectivity index (χ1n) is 4.41. The summed E-state index contributed by atoms with van der Waals surface area (Å²) in [6.45, 7) is 0.175. The second-order valence-corrected chi connectivity index (χ2v) is 4.21. The van der Waals surface area contributed by atoms with Gasteiger partial charge in [0.1, 0.15) is 12.6 Å². The van der Waals surface area contributed by atoms with E-state index in [2.05, 4.69) is 20.9 Å². The van der Waals surface area contributed by atoms with E-state index >= 15 is 0 Å². The predicted molar refractivity (Wildman–Crippen MR) is 66.1 cm³/mol. The number of amides is 1. The lowest BCUT2D eigenvalue weighted by Crippen LogP contribution is -2.43. The molecule has 2 N–H and O–H groups in total. The van der Waals surface area contributed by atoms with Crippen LogP contribution in [0, 0.1) is 0 Å². The monoisotopic (exact) mass is 307 g/mol. The van der Waals surface area contributed by atoms with Gasteiger partial charge in [-0.3, -0.25) is 9.69 Å². The van der Waals surface area contributed by atoms with Crippen molar-refractivity contribution in [2.75, 3.05) is 18.6 Å². The quantitative estimate of drug-likeness (QED) is 0.775. The number of nitrogens with zero attached hydrogens (tertiary/aromatic N) is 2. The van der Waals surface area contributed by atoms with Gasteiger partial charge in [0.2, 0.25) is 5.91 Å². The highest BCUT2D eigenvalue weighted by Crippen LogP contribution is 2.30. The van der Waals surface area contributed by atoms with Crippen LogP contribution in [0.1, 0.15) is 0 Å². The van der Waals surface area contributed by atoms with Gasteiger partial charge in [-0.2, -0.15) is 0 Å². The normalized spacial score (nSPS) is 19.3. The molecule has 5 nitrogen and oxygen atoms in total. The predicted octanol–water partition coefficient (Wildman–Crippen LogP) is 0.948. The zero-order valence-corrected chi connectivity index (χ0v) is 10.9. The minimum atomic E-state index is -0.636. The number of anilines is 1. The van der Waals surface area contributed by atoms with Gasteiger partial charge in [-0.1, -0.05) is 0 Å². The lowest BCUT2D eigenvalue weighted by atomic mass is 10.3. The number of hydrogen-bond acceptors (Lipinski definition) is 4. The molecule has 1 aliphatic heterocycles. The van der Waals surface area contributed by atoms with Crippen molar-refractivity contribution in [3.05, 3.63) is 16.7 Å². The van der Waals surface area contributed by atoms with E-state index < -0.39 is 6.04 Å². The van der Waals surface area contributed by atoms with Gasteiger partial charge in [0.15, 0.2) is 11.6 Å². The van der Waals surface area contributed by atoms with E-state index in [1.807, 2.05) is 0 Å². The summed E-state index contributed by atoms with van der Waals surface area (Å²) in [5.74, 6) is 0.868. The molecule has 1 atom stereocenters. The molecule has 0 radical (unpaired) electrons. The fraction of sp³-hybridized carbons (Fsp3) is 0.333. The van der Waals surface area contributed by atoms with Gasteiger partial charge in [-0.15, -0.1) is 12.4 Å². The maximum absolute atomic E-state index is 11.7. The summed E-state index contributed by atoms with van der Waals surface area (Å²) in [7, 11) is 1.64. The standard InChI is InChI=1S/C9H10BrN3O2.ClH/c1-13-8-7(2-5(10)3-12-8)15-4-6(11)9(13)14;/h2-3,6H,4,11H2,1H3;1H/t6-;/m0./s1. The molecule has 2 rings (SSSR count). The summed E-state index contributed by atoms with van der Waals surface area (Å²) in [4.78, 5) is 17.2. The topological polar surface area (TPSA) is 68.5 Å². The molecule has 0 bridgehead atoms. The van der Waals surface area contributed by atoms with Crippen molar-refractivity contribution in [2.45, 2.75) is 6.04 Å². The van der Waals surface area contributed by atoms with E-state index in [9.17, 15) is 4.79 Å². The number of ether oxygens (including phenoxy) is 1. The Kier molecular flexibility index (Phi) is 4.12. The molecule has 0 aliphatic carbocycles. The Morgan fingerprint density at radius 1 is 1.69 bits per heavy atom. The third-order valence-electron chi connectivity index (χ3n) is 2.18. The minimum Gasteiger partial charge on any atom is -0.487 e. The number of pyridine rings is 1. The maximum atomic E-state index is 11.7. The summed E-state index contributed by atoms with van der Waals surface area (Å²) in [5, 5.41) is 0. The highest BCUT2D eigenvalue weighted by atomic mass is 79.9. The molecule has 0 unspecified atom stereocenters. The first-order valence-corrected chi connectivity index (χ1v) is 5.20. The molecule has 0 saturated carbocycles. The zero-order valence-electron chi connectivity index (χ0n) is 8.51. The molecule has 1 amide bonds. The van der Waals surface area contributed by atoms with Crippen molar-refractivity contribution >= 4 is 40.1 Å². The zero-order chi connectivity index (χ0) is 11.0. The average molecular weight is 309 g/mol. The molecule has 16 heavy (non-hydrogen) atoms. The molecular weight excluding hydrogens is 297 g/mol. The Morgan fingerprint density at radius 3 is 3.06 bits per heavy atom. The van der Waals surface area contributed by atoms with Crippen LogP contribution in [0.5, 0.6) is 5.75 Å². The molecule has 2 heterocycles. The number of carbonyl (C=O) groups excluding carboxylic acids is 1. The summed E-state index contributed by atoms with van der Waals surface area (Å²) in [6.07, 6.45) is 1.61. The van der Waals surface area contributed by atoms with Crippen LogP contribution in [0.4, 0.5) is 5.82 Å². The second kappa shape index (κ2) is 4.99. The van der Waals surface area contributed by atoms with Gasteiger partial charge in [0.05, 0.1) is 0 Å². The van der Waals surface area contributed by atoms with Gasteiger partial charge < -0.3 is 10.5 Å². The van der Waals surface area contributed by atoms with Crippen LogP contribution < -0.4 is 15.4 Å². The Bertz CT molecular complexity index is 416. The number of nitrogens with two attached hydrogens (primary N) is 1. The fourth-order valence-corrected chi connectivity index (χ4v) is 1.69. The molecule has 0 spiro atoms. The number of carbonyl (C=O) groups is 1. The number of rotatable bonds is 0. The van der Waals surface area contributed by atoms with Crippen LogP contribution in [0.15, 0.2) is 16.7 Å². The van der Waals surface area contributed by atoms with Crippen molar-refractivity contribution in [2.24, 2.45) is 5.73 Å². The highest BCUT2D eigenvalue weighted by molar-refractivity contribution is 9.10. The summed E-state index contributed by atoms with van der Waals surface area (Å²) >= 11 is 3.29. The molecule has 1 aromatic heterocycles. The summed E-state index contributed by atoms with van der Waals surface area (Å²) < 4.78 is 6.21. The molecule has 0 saturated heterocycles. The lowest BCUT2D eigenvalue weighted by molar-refractivity contribution is -0.119. The fourth-order valence-electron chi connectivity index (χ4n) is 1.38. The van der Waals surface area contributed by atoms with Crippen molar-refractivity contribution in [1.82, 2.24) is 4.98 Å². The van der Waals surface area contributed by atoms with Gasteiger partial charge >= 0.3 is 0 Å². The van der Waals surface area contributed by atoms with Gasteiger partial charge in [0.25, 0.3) is 0 Å². The van der Waals surface area contributed by atoms with Crippen LogP contribution in [-0.4, -0.2) is 30.6 Å². The molecule has 1 aromatic rings. The van der Waals surface area contributed by atoms with Crippen LogP contribution in [0.3, 0.4) is 0 Å². The van der Waals surface area contributed by atoms with Crippen LogP contribution in [0.25, 0.3) is 0 Å². The highest BCUT2D eigenvalue weighted by Gasteiger charge is 2.27. The van der Waals surface area contributed by atoms with Crippen LogP contribution in [0.2, 0.25) is 0 Å². The molecule has 0 aromatic carbocycles. The minimum absolute atomic E-state index is 0. The van der Waals surface area contributed by atoms with Crippen LogP contribution in [-0.2, 0) is 4.79 Å². The van der Waals surface area contributed by atoms with Gasteiger partial charge in [-0.05, 0) is 22.0 Å². The smallest absolute Gasteiger partial charge is 0.248 e. The summed E-state index contributed by atoms with van der Waals surface area (Å²) in [6, 6.07) is 1.13. The van der Waals surface area contributed by atoms with Crippen molar-refractivity contribution in [1.29, 1.82) is 0 Å². The van der Waals surface area contributed by atoms with E-state index in [-0.39, 0.29) is 24.9 Å². The molecule has 88 valence electrons.